The number of fused-ring (bicyclic) bond motifs is 4. The Bertz CT molecular complexity index is 1210. The highest BCUT2D eigenvalue weighted by Crippen LogP contribution is 2.60. The molecule has 4 atom stereocenters. The van der Waals surface area contributed by atoms with Gasteiger partial charge < -0.3 is 15.4 Å². The third-order valence-corrected chi connectivity index (χ3v) is 7.58. The number of hydrogen-bond acceptors (Lipinski definition) is 6. The van der Waals surface area contributed by atoms with Crippen LogP contribution in [0.1, 0.15) is 18.2 Å². The first-order valence-electron chi connectivity index (χ1n) is 11.1. The van der Waals surface area contributed by atoms with Crippen LogP contribution in [0.3, 0.4) is 0 Å². The van der Waals surface area contributed by atoms with Gasteiger partial charge in [-0.2, -0.15) is 5.26 Å². The summed E-state index contributed by atoms with van der Waals surface area (Å²) in [5, 5.41) is 15.8. The molecule has 0 spiro atoms. The zero-order chi connectivity index (χ0) is 22.9. The predicted octanol–water partition coefficient (Wildman–Crippen LogP) is 1.88. The van der Waals surface area contributed by atoms with Gasteiger partial charge in [0, 0.05) is 49.2 Å². The van der Waals surface area contributed by atoms with Crippen molar-refractivity contribution in [2.24, 2.45) is 11.8 Å². The van der Waals surface area contributed by atoms with E-state index in [4.69, 9.17) is 4.74 Å². The number of piperidine rings is 1. The van der Waals surface area contributed by atoms with Gasteiger partial charge in [-0.3, -0.25) is 14.7 Å². The lowest BCUT2D eigenvalue weighted by atomic mass is 9.95. The normalized spacial score (nSPS) is 30.8. The van der Waals surface area contributed by atoms with E-state index in [1.54, 1.807) is 12.3 Å². The van der Waals surface area contributed by atoms with Crippen LogP contribution < -0.4 is 15.5 Å². The Morgan fingerprint density at radius 2 is 2.18 bits per heavy atom. The maximum absolute atomic E-state index is 15.1. The monoisotopic (exact) mass is 447 g/mol. The summed E-state index contributed by atoms with van der Waals surface area (Å²) < 4.78 is 20.5. The molecule has 2 unspecified atom stereocenters. The average molecular weight is 447 g/mol. The van der Waals surface area contributed by atoms with Crippen LogP contribution in [0.2, 0.25) is 0 Å². The van der Waals surface area contributed by atoms with Crippen molar-refractivity contribution in [1.82, 2.24) is 15.6 Å². The van der Waals surface area contributed by atoms with E-state index in [1.807, 2.05) is 12.1 Å². The molecule has 33 heavy (non-hydrogen) atoms. The molecule has 1 aliphatic carbocycles. The quantitative estimate of drug-likeness (QED) is 0.741. The molecule has 4 heterocycles. The highest BCUT2D eigenvalue weighted by Gasteiger charge is 2.69. The fourth-order valence-electron chi connectivity index (χ4n) is 5.87. The van der Waals surface area contributed by atoms with Crippen LogP contribution in [0.15, 0.2) is 30.5 Å². The SMILES string of the molecule is CC(=O)NC[C@@H]1OC(=O)N2c3cc(F)c(-c4ccc(C5(C#N)C6CNCC65)nc4)cc3C[C@@H]12. The zero-order valence-corrected chi connectivity index (χ0v) is 18.0. The van der Waals surface area contributed by atoms with Gasteiger partial charge in [-0.25, -0.2) is 9.18 Å². The number of anilines is 1. The second-order valence-corrected chi connectivity index (χ2v) is 9.25. The molecule has 168 valence electrons. The van der Waals surface area contributed by atoms with Crippen LogP contribution in [0.4, 0.5) is 14.9 Å². The summed E-state index contributed by atoms with van der Waals surface area (Å²) in [7, 11) is 0. The van der Waals surface area contributed by atoms with E-state index >= 15 is 4.39 Å². The van der Waals surface area contributed by atoms with Crippen molar-refractivity contribution in [2.45, 2.75) is 30.9 Å². The molecule has 1 aromatic carbocycles. The van der Waals surface area contributed by atoms with Crippen LogP contribution >= 0.6 is 0 Å². The van der Waals surface area contributed by atoms with Crippen LogP contribution in [0.25, 0.3) is 11.1 Å². The Balaban J connectivity index is 1.28. The van der Waals surface area contributed by atoms with Crippen molar-refractivity contribution >= 4 is 17.7 Å². The van der Waals surface area contributed by atoms with Crippen molar-refractivity contribution in [3.8, 4) is 17.2 Å². The Kier molecular flexibility index (Phi) is 4.26. The molecular weight excluding hydrogens is 425 g/mol. The molecule has 9 heteroatoms. The number of nitrogens with zero attached hydrogens (tertiary/aromatic N) is 3. The Hall–Kier alpha value is -3.51. The molecule has 1 aromatic heterocycles. The first-order chi connectivity index (χ1) is 15.9. The largest absolute Gasteiger partial charge is 0.442 e. The van der Waals surface area contributed by atoms with Crippen molar-refractivity contribution in [3.63, 3.8) is 0 Å². The predicted molar refractivity (Wildman–Crippen MR) is 116 cm³/mol. The number of halogens is 1. The molecule has 6 rings (SSSR count). The minimum absolute atomic E-state index is 0.200. The molecule has 0 radical (unpaired) electrons. The highest BCUT2D eigenvalue weighted by molar-refractivity contribution is 5.94. The Morgan fingerprint density at radius 3 is 2.85 bits per heavy atom. The summed E-state index contributed by atoms with van der Waals surface area (Å²) in [5.41, 5.74) is 2.60. The van der Waals surface area contributed by atoms with E-state index in [9.17, 15) is 14.9 Å². The van der Waals surface area contributed by atoms with E-state index < -0.39 is 23.4 Å². The number of aromatic nitrogens is 1. The van der Waals surface area contributed by atoms with Crippen LogP contribution in [0.5, 0.6) is 0 Å². The highest BCUT2D eigenvalue weighted by atomic mass is 19.1. The number of nitriles is 1. The van der Waals surface area contributed by atoms with Gasteiger partial charge >= 0.3 is 6.09 Å². The van der Waals surface area contributed by atoms with Gasteiger partial charge in [-0.1, -0.05) is 6.07 Å². The minimum Gasteiger partial charge on any atom is -0.442 e. The molecule has 4 aliphatic rings. The van der Waals surface area contributed by atoms with Crippen LogP contribution in [0, 0.1) is 29.0 Å². The molecule has 3 aliphatic heterocycles. The number of hydrogen-bond donors (Lipinski definition) is 2. The van der Waals surface area contributed by atoms with Gasteiger partial charge in [0.15, 0.2) is 0 Å². The number of carbonyl (C=O) groups is 2. The topological polar surface area (TPSA) is 107 Å². The van der Waals surface area contributed by atoms with Crippen molar-refractivity contribution in [2.75, 3.05) is 24.5 Å². The van der Waals surface area contributed by atoms with Crippen LogP contribution in [-0.4, -0.2) is 48.8 Å². The van der Waals surface area contributed by atoms with E-state index in [2.05, 4.69) is 21.7 Å². The molecule has 2 amide bonds. The van der Waals surface area contributed by atoms with Gasteiger partial charge in [0.25, 0.3) is 0 Å². The fraction of sp³-hybridized carbons (Fsp3) is 0.417. The van der Waals surface area contributed by atoms with E-state index in [1.165, 1.54) is 17.9 Å². The lowest BCUT2D eigenvalue weighted by molar-refractivity contribution is -0.119. The van der Waals surface area contributed by atoms with Crippen molar-refractivity contribution in [3.05, 3.63) is 47.5 Å². The third-order valence-electron chi connectivity index (χ3n) is 7.58. The minimum atomic E-state index is -0.533. The molecule has 1 saturated carbocycles. The maximum Gasteiger partial charge on any atom is 0.415 e. The number of amides is 2. The summed E-state index contributed by atoms with van der Waals surface area (Å²) in [5.74, 6) is -0.0782. The lowest BCUT2D eigenvalue weighted by Gasteiger charge is -2.16. The summed E-state index contributed by atoms with van der Waals surface area (Å²) in [6.45, 7) is 3.27. The first-order valence-corrected chi connectivity index (χ1v) is 11.1. The van der Waals surface area contributed by atoms with Gasteiger partial charge in [-0.05, 0) is 30.2 Å². The molecule has 2 N–H and O–H groups in total. The second-order valence-electron chi connectivity index (χ2n) is 9.25. The first kappa shape index (κ1) is 20.1. The lowest BCUT2D eigenvalue weighted by Crippen LogP contribution is -2.40. The summed E-state index contributed by atoms with van der Waals surface area (Å²) >= 11 is 0. The Morgan fingerprint density at radius 1 is 1.39 bits per heavy atom. The van der Waals surface area contributed by atoms with Gasteiger partial charge in [0.05, 0.1) is 30.0 Å². The number of benzene rings is 1. The van der Waals surface area contributed by atoms with E-state index in [0.717, 1.165) is 24.3 Å². The van der Waals surface area contributed by atoms with Crippen LogP contribution in [-0.2, 0) is 21.4 Å². The number of carbonyl (C=O) groups excluding carboxylic acids is 2. The average Bonchev–Trinajstić information content (AvgIpc) is 3.19. The third kappa shape index (κ3) is 2.80. The summed E-state index contributed by atoms with van der Waals surface area (Å²) in [6.07, 6.45) is 1.12. The van der Waals surface area contributed by atoms with Crippen molar-refractivity contribution in [1.29, 1.82) is 5.26 Å². The number of cyclic esters (lactones) is 1. The molecule has 2 aromatic rings. The standard InChI is InChI=1S/C24H22FN5O3/c1-12(31)28-10-21-20-5-14-4-15(18(25)6-19(14)30(20)23(32)33-21)13-2-3-22(29-7-13)24(11-26)16-8-27-9-17(16)24/h2-4,6-7,16-17,20-21,27H,5,8-10H2,1H3,(H,28,31)/t16?,17?,20-,21-,24?/m0/s1. The van der Waals surface area contributed by atoms with Crippen molar-refractivity contribution < 1.29 is 18.7 Å². The fourth-order valence-corrected chi connectivity index (χ4v) is 5.87. The van der Waals surface area contributed by atoms with Gasteiger partial charge in [0.1, 0.15) is 17.3 Å². The second kappa shape index (κ2) is 6.99. The molecule has 8 nitrogen and oxygen atoms in total. The maximum atomic E-state index is 15.1. The number of ether oxygens (including phenoxy) is 1. The molecule has 2 saturated heterocycles. The molecule has 0 bridgehead atoms. The summed E-state index contributed by atoms with van der Waals surface area (Å²) in [6, 6.07) is 8.97. The van der Waals surface area contributed by atoms with Gasteiger partial charge in [0.2, 0.25) is 5.91 Å². The number of rotatable bonds is 4. The zero-order valence-electron chi connectivity index (χ0n) is 18.0. The van der Waals surface area contributed by atoms with E-state index in [-0.39, 0.29) is 30.3 Å². The smallest absolute Gasteiger partial charge is 0.415 e. The molecular formula is C24H22FN5O3. The number of pyridine rings is 1. The van der Waals surface area contributed by atoms with Gasteiger partial charge in [-0.15, -0.1) is 0 Å². The molecule has 3 fully saturated rings. The summed E-state index contributed by atoms with van der Waals surface area (Å²) in [4.78, 5) is 29.7. The Labute approximate surface area is 189 Å². The van der Waals surface area contributed by atoms with E-state index in [0.29, 0.717) is 23.2 Å². The number of nitrogens with one attached hydrogen (secondary N) is 2.